The Hall–Kier alpha value is -3.73. The molecule has 0 spiro atoms. The molecule has 11 heteroatoms. The Labute approximate surface area is 201 Å². The maximum absolute atomic E-state index is 12.8. The van der Waals surface area contributed by atoms with Crippen molar-refractivity contribution in [3.8, 4) is 5.75 Å². The largest absolute Gasteiger partial charge is 0.490 e. The number of carbonyl (C=O) groups excluding carboxylic acids is 1. The molecule has 0 unspecified atom stereocenters. The fraction of sp³-hybridized carbons (Fsp3) is 0.333. The van der Waals surface area contributed by atoms with Gasteiger partial charge in [0.25, 0.3) is 5.91 Å². The highest BCUT2D eigenvalue weighted by molar-refractivity contribution is 6.05. The van der Waals surface area contributed by atoms with Crippen molar-refractivity contribution in [2.45, 2.75) is 25.9 Å². The second kappa shape index (κ2) is 12.1. The predicted molar refractivity (Wildman–Crippen MR) is 129 cm³/mol. The van der Waals surface area contributed by atoms with Gasteiger partial charge in [-0.25, -0.2) is 9.98 Å². The topological polar surface area (TPSA) is 91.7 Å². The molecule has 0 aromatic carbocycles. The zero-order chi connectivity index (χ0) is 25.3. The molecular formula is C24H27F3N6O2. The number of halogens is 3. The lowest BCUT2D eigenvalue weighted by Crippen LogP contribution is -2.25. The summed E-state index contributed by atoms with van der Waals surface area (Å²) in [6, 6.07) is 4.63. The number of allylic oxidation sites excluding steroid dienone is 3. The first-order valence-corrected chi connectivity index (χ1v) is 11.0. The van der Waals surface area contributed by atoms with Gasteiger partial charge < -0.3 is 15.4 Å². The van der Waals surface area contributed by atoms with Gasteiger partial charge in [0.2, 0.25) is 0 Å². The van der Waals surface area contributed by atoms with Crippen LogP contribution >= 0.6 is 0 Å². The third-order valence-electron chi connectivity index (χ3n) is 5.28. The van der Waals surface area contributed by atoms with E-state index in [1.54, 1.807) is 12.3 Å². The van der Waals surface area contributed by atoms with Gasteiger partial charge in [-0.3, -0.25) is 14.7 Å². The summed E-state index contributed by atoms with van der Waals surface area (Å²) in [5.41, 5.74) is -0.109. The molecule has 186 valence electrons. The lowest BCUT2D eigenvalue weighted by atomic mass is 10.2. The summed E-state index contributed by atoms with van der Waals surface area (Å²) in [6.45, 7) is 7.72. The van der Waals surface area contributed by atoms with Crippen LogP contribution in [0.15, 0.2) is 65.3 Å². The van der Waals surface area contributed by atoms with E-state index in [0.717, 1.165) is 38.7 Å². The standard InChI is InChI=1S/C24H27F3N6O2/c1-17(24(25,26)27)5-6-21(28-2)32-22-15-18(7-10-30-22)23(34)31-19-16-29-9-8-20(19)35-14-13-33-11-3-4-12-33/h5-10,15-16H,2-4,11-14H2,1H3,(H,30,32)(H,31,34)/b17-5+,21-6+. The highest BCUT2D eigenvalue weighted by Gasteiger charge is 2.29. The van der Waals surface area contributed by atoms with Crippen LogP contribution in [-0.2, 0) is 0 Å². The van der Waals surface area contributed by atoms with Crippen molar-refractivity contribution in [1.29, 1.82) is 0 Å². The van der Waals surface area contributed by atoms with Crippen molar-refractivity contribution in [2.75, 3.05) is 36.9 Å². The molecule has 35 heavy (non-hydrogen) atoms. The van der Waals surface area contributed by atoms with Crippen molar-refractivity contribution >= 4 is 24.1 Å². The minimum absolute atomic E-state index is 0.0413. The number of carbonyl (C=O) groups is 1. The second-order valence-electron chi connectivity index (χ2n) is 7.84. The van der Waals surface area contributed by atoms with E-state index in [1.807, 2.05) is 0 Å². The quantitative estimate of drug-likeness (QED) is 0.373. The zero-order valence-corrected chi connectivity index (χ0v) is 19.3. The number of alkyl halides is 3. The molecule has 1 saturated heterocycles. The number of amides is 1. The van der Waals surface area contributed by atoms with Crippen LogP contribution in [0.3, 0.4) is 0 Å². The number of aliphatic imine (C=N–C) groups is 1. The number of nitrogens with one attached hydrogen (secondary N) is 2. The van der Waals surface area contributed by atoms with Crippen LogP contribution in [0, 0.1) is 0 Å². The molecule has 3 rings (SSSR count). The molecule has 0 radical (unpaired) electrons. The van der Waals surface area contributed by atoms with Gasteiger partial charge in [0.1, 0.15) is 29.7 Å². The first-order chi connectivity index (χ1) is 16.8. The maximum Gasteiger partial charge on any atom is 0.412 e. The molecule has 2 N–H and O–H groups in total. The zero-order valence-electron chi connectivity index (χ0n) is 19.3. The van der Waals surface area contributed by atoms with E-state index >= 15 is 0 Å². The molecule has 8 nitrogen and oxygen atoms in total. The third-order valence-corrected chi connectivity index (χ3v) is 5.28. The molecule has 2 aromatic heterocycles. The smallest absolute Gasteiger partial charge is 0.412 e. The highest BCUT2D eigenvalue weighted by Crippen LogP contribution is 2.25. The molecule has 3 heterocycles. The van der Waals surface area contributed by atoms with Crippen LogP contribution in [0.1, 0.15) is 30.1 Å². The van der Waals surface area contributed by atoms with Gasteiger partial charge >= 0.3 is 6.18 Å². The Morgan fingerprint density at radius 3 is 2.71 bits per heavy atom. The van der Waals surface area contributed by atoms with Gasteiger partial charge in [0, 0.05) is 36.1 Å². The molecule has 1 fully saturated rings. The van der Waals surface area contributed by atoms with Crippen LogP contribution in [0.2, 0.25) is 0 Å². The van der Waals surface area contributed by atoms with E-state index in [0.29, 0.717) is 18.0 Å². The van der Waals surface area contributed by atoms with Crippen molar-refractivity contribution in [3.63, 3.8) is 0 Å². The van der Waals surface area contributed by atoms with Crippen molar-refractivity contribution in [2.24, 2.45) is 4.99 Å². The van der Waals surface area contributed by atoms with Crippen LogP contribution in [0.4, 0.5) is 24.7 Å². The highest BCUT2D eigenvalue weighted by atomic mass is 19.4. The monoisotopic (exact) mass is 488 g/mol. The first-order valence-electron chi connectivity index (χ1n) is 11.0. The minimum atomic E-state index is -4.44. The Morgan fingerprint density at radius 2 is 2.00 bits per heavy atom. The van der Waals surface area contributed by atoms with Crippen molar-refractivity contribution < 1.29 is 22.7 Å². The van der Waals surface area contributed by atoms with Gasteiger partial charge in [0.05, 0.1) is 6.20 Å². The van der Waals surface area contributed by atoms with Gasteiger partial charge in [-0.2, -0.15) is 13.2 Å². The Bertz CT molecular complexity index is 1090. The van der Waals surface area contributed by atoms with Crippen LogP contribution < -0.4 is 15.4 Å². The number of ether oxygens (including phenoxy) is 1. The Kier molecular flexibility index (Phi) is 8.96. The predicted octanol–water partition coefficient (Wildman–Crippen LogP) is 4.67. The average molecular weight is 489 g/mol. The minimum Gasteiger partial charge on any atom is -0.490 e. The molecule has 1 amide bonds. The number of likely N-dealkylation sites (tertiary alicyclic amines) is 1. The number of nitrogens with zero attached hydrogens (tertiary/aromatic N) is 4. The summed E-state index contributed by atoms with van der Waals surface area (Å²) in [4.78, 5) is 27.0. The molecule has 1 aliphatic rings. The summed E-state index contributed by atoms with van der Waals surface area (Å²) in [7, 11) is 0. The number of aromatic nitrogens is 2. The van der Waals surface area contributed by atoms with Crippen LogP contribution in [-0.4, -0.2) is 59.9 Å². The molecule has 1 aliphatic heterocycles. The number of anilines is 2. The number of hydrogen-bond donors (Lipinski definition) is 2. The van der Waals surface area contributed by atoms with E-state index in [4.69, 9.17) is 4.74 Å². The average Bonchev–Trinajstić information content (AvgIpc) is 3.35. The van der Waals surface area contributed by atoms with E-state index < -0.39 is 17.7 Å². The Morgan fingerprint density at radius 1 is 1.23 bits per heavy atom. The van der Waals surface area contributed by atoms with E-state index in [-0.39, 0.29) is 17.2 Å². The summed E-state index contributed by atoms with van der Waals surface area (Å²) in [5, 5.41) is 5.52. The maximum atomic E-state index is 12.8. The SMILES string of the molecule is C=N/C(=C\C=C(/C)C(F)(F)F)Nc1cc(C(=O)Nc2cnccc2OCCN2CCCC2)ccn1. The number of pyridine rings is 2. The summed E-state index contributed by atoms with van der Waals surface area (Å²) < 4.78 is 43.9. The lowest BCUT2D eigenvalue weighted by Gasteiger charge is -2.16. The molecule has 0 aliphatic carbocycles. The molecule has 0 saturated carbocycles. The van der Waals surface area contributed by atoms with E-state index in [2.05, 4.69) is 37.2 Å². The van der Waals surface area contributed by atoms with Crippen LogP contribution in [0.5, 0.6) is 5.75 Å². The second-order valence-corrected chi connectivity index (χ2v) is 7.84. The van der Waals surface area contributed by atoms with E-state index in [9.17, 15) is 18.0 Å². The fourth-order valence-corrected chi connectivity index (χ4v) is 3.29. The lowest BCUT2D eigenvalue weighted by molar-refractivity contribution is -0.0913. The molecule has 0 bridgehead atoms. The Balaban J connectivity index is 1.65. The van der Waals surface area contributed by atoms with Crippen LogP contribution in [0.25, 0.3) is 0 Å². The number of hydrogen-bond acceptors (Lipinski definition) is 7. The van der Waals surface area contributed by atoms with Crippen molar-refractivity contribution in [3.05, 3.63) is 65.9 Å². The summed E-state index contributed by atoms with van der Waals surface area (Å²) in [6.07, 6.45) is 4.44. The number of rotatable bonds is 10. The molecular weight excluding hydrogens is 461 g/mol. The van der Waals surface area contributed by atoms with Gasteiger partial charge in [0.15, 0.2) is 0 Å². The van der Waals surface area contributed by atoms with Gasteiger partial charge in [-0.15, -0.1) is 0 Å². The molecule has 2 aromatic rings. The fourth-order valence-electron chi connectivity index (χ4n) is 3.29. The van der Waals surface area contributed by atoms with Gasteiger partial charge in [-0.1, -0.05) is 6.08 Å². The third kappa shape index (κ3) is 7.92. The summed E-state index contributed by atoms with van der Waals surface area (Å²) >= 11 is 0. The van der Waals surface area contributed by atoms with Gasteiger partial charge in [-0.05, 0) is 57.8 Å². The summed E-state index contributed by atoms with van der Waals surface area (Å²) in [5.74, 6) is 0.327. The molecule has 0 atom stereocenters. The van der Waals surface area contributed by atoms with E-state index in [1.165, 1.54) is 37.4 Å². The first kappa shape index (κ1) is 25.9. The normalized spacial score (nSPS) is 15.1. The van der Waals surface area contributed by atoms with Crippen molar-refractivity contribution in [1.82, 2.24) is 14.9 Å².